The fourth-order valence-corrected chi connectivity index (χ4v) is 9.45. The van der Waals surface area contributed by atoms with Crippen molar-refractivity contribution >= 4 is 31.8 Å². The average molecular weight is 559 g/mol. The molecule has 0 radical (unpaired) electrons. The molecule has 0 saturated heterocycles. The molecule has 2 aromatic carbocycles. The SMILES string of the molecule is O=C1c2cc(S(=O)(=O)NC3CCC(C(=O)O)CC3)ccc2-c2ccc(S(=O)(=O)NC3CC4CCC3C4)cc21. The highest BCUT2D eigenvalue weighted by atomic mass is 32.2. The van der Waals surface area contributed by atoms with Crippen molar-refractivity contribution in [3.8, 4) is 11.1 Å². The molecule has 0 heterocycles. The second-order valence-corrected chi connectivity index (χ2v) is 14.6. The van der Waals surface area contributed by atoms with Crippen LogP contribution in [0, 0.1) is 17.8 Å². The van der Waals surface area contributed by atoms with Gasteiger partial charge in [0.1, 0.15) is 0 Å². The first-order chi connectivity index (χ1) is 18.0. The van der Waals surface area contributed by atoms with E-state index in [-0.39, 0.29) is 33.0 Å². The van der Waals surface area contributed by atoms with E-state index in [0.717, 1.165) is 25.7 Å². The summed E-state index contributed by atoms with van der Waals surface area (Å²) in [7, 11) is -7.74. The zero-order chi connectivity index (χ0) is 26.8. The van der Waals surface area contributed by atoms with Gasteiger partial charge in [0.15, 0.2) is 5.78 Å². The van der Waals surface area contributed by atoms with E-state index in [1.807, 2.05) is 0 Å². The van der Waals surface area contributed by atoms with Crippen molar-refractivity contribution in [2.24, 2.45) is 17.8 Å². The van der Waals surface area contributed by atoms with Crippen molar-refractivity contribution in [2.75, 3.05) is 0 Å². The third kappa shape index (κ3) is 4.49. The van der Waals surface area contributed by atoms with Gasteiger partial charge in [0.05, 0.1) is 15.7 Å². The van der Waals surface area contributed by atoms with Gasteiger partial charge in [0, 0.05) is 23.2 Å². The molecule has 9 nitrogen and oxygen atoms in total. The molecule has 202 valence electrons. The number of sulfonamides is 2. The Morgan fingerprint density at radius 3 is 1.82 bits per heavy atom. The first-order valence-electron chi connectivity index (χ1n) is 13.1. The van der Waals surface area contributed by atoms with E-state index in [0.29, 0.717) is 48.6 Å². The summed E-state index contributed by atoms with van der Waals surface area (Å²) in [5.41, 5.74) is 1.60. The van der Waals surface area contributed by atoms with Crippen LogP contribution in [0.15, 0.2) is 46.2 Å². The molecule has 38 heavy (non-hydrogen) atoms. The van der Waals surface area contributed by atoms with Gasteiger partial charge in [-0.2, -0.15) is 0 Å². The number of nitrogens with one attached hydrogen (secondary N) is 2. The third-order valence-electron chi connectivity index (χ3n) is 8.82. The van der Waals surface area contributed by atoms with Gasteiger partial charge in [0.25, 0.3) is 0 Å². The van der Waals surface area contributed by atoms with Gasteiger partial charge < -0.3 is 5.11 Å². The van der Waals surface area contributed by atoms with Crippen LogP contribution < -0.4 is 9.44 Å². The number of carboxylic acid groups (broad SMARTS) is 1. The molecule has 0 spiro atoms. The van der Waals surface area contributed by atoms with Crippen LogP contribution in [0.25, 0.3) is 11.1 Å². The van der Waals surface area contributed by atoms with Gasteiger partial charge in [-0.15, -0.1) is 0 Å². The Hall–Kier alpha value is -2.60. The molecule has 3 saturated carbocycles. The number of rotatable bonds is 7. The summed E-state index contributed by atoms with van der Waals surface area (Å²) in [5.74, 6) is -0.768. The van der Waals surface area contributed by atoms with E-state index in [1.54, 1.807) is 12.1 Å². The highest BCUT2D eigenvalue weighted by Crippen LogP contribution is 2.45. The number of ketones is 1. The summed E-state index contributed by atoms with van der Waals surface area (Å²) in [4.78, 5) is 24.5. The first-order valence-corrected chi connectivity index (χ1v) is 16.1. The molecule has 0 amide bonds. The number of fused-ring (bicyclic) bond motifs is 5. The molecule has 2 bridgehead atoms. The summed E-state index contributed by atoms with van der Waals surface area (Å²) in [6.45, 7) is 0. The third-order valence-corrected chi connectivity index (χ3v) is 11.8. The van der Waals surface area contributed by atoms with Gasteiger partial charge in [0.2, 0.25) is 20.0 Å². The lowest BCUT2D eigenvalue weighted by Crippen LogP contribution is -2.38. The number of benzene rings is 2. The number of carbonyl (C=O) groups excluding carboxylic acids is 1. The smallest absolute Gasteiger partial charge is 0.306 e. The van der Waals surface area contributed by atoms with Crippen molar-refractivity contribution in [1.29, 1.82) is 0 Å². The molecule has 3 N–H and O–H groups in total. The highest BCUT2D eigenvalue weighted by molar-refractivity contribution is 7.89. The number of aliphatic carboxylic acids is 1. The maximum atomic E-state index is 13.3. The predicted molar refractivity (Wildman–Crippen MR) is 139 cm³/mol. The van der Waals surface area contributed by atoms with Crippen LogP contribution in [0.5, 0.6) is 0 Å². The number of carboxylic acids is 1. The van der Waals surface area contributed by atoms with E-state index in [4.69, 9.17) is 5.11 Å². The van der Waals surface area contributed by atoms with Gasteiger partial charge in [-0.1, -0.05) is 18.6 Å². The van der Waals surface area contributed by atoms with E-state index < -0.39 is 37.7 Å². The van der Waals surface area contributed by atoms with Crippen LogP contribution in [0.3, 0.4) is 0 Å². The van der Waals surface area contributed by atoms with Gasteiger partial charge >= 0.3 is 5.97 Å². The molecular weight excluding hydrogens is 528 g/mol. The Kier molecular flexibility index (Phi) is 6.25. The molecule has 2 aromatic rings. The topological polar surface area (TPSA) is 147 Å². The average Bonchev–Trinajstić information content (AvgIpc) is 3.57. The molecule has 3 fully saturated rings. The Bertz CT molecular complexity index is 1540. The Labute approximate surface area is 222 Å². The maximum absolute atomic E-state index is 13.3. The molecule has 6 rings (SSSR count). The summed E-state index contributed by atoms with van der Waals surface area (Å²) < 4.78 is 57.9. The van der Waals surface area contributed by atoms with Crippen molar-refractivity contribution in [2.45, 2.75) is 73.2 Å². The summed E-state index contributed by atoms with van der Waals surface area (Å²) in [6, 6.07) is 8.42. The Balaban J connectivity index is 1.21. The van der Waals surface area contributed by atoms with E-state index in [9.17, 15) is 26.4 Å². The van der Waals surface area contributed by atoms with Gasteiger partial charge in [-0.05, 0) is 92.2 Å². The van der Waals surface area contributed by atoms with Crippen LogP contribution in [0.2, 0.25) is 0 Å². The normalized spacial score (nSPS) is 28.3. The summed E-state index contributed by atoms with van der Waals surface area (Å²) >= 11 is 0. The quantitative estimate of drug-likeness (QED) is 0.403. The molecule has 4 aliphatic carbocycles. The van der Waals surface area contributed by atoms with Crippen LogP contribution in [0.1, 0.15) is 67.3 Å². The van der Waals surface area contributed by atoms with Crippen LogP contribution >= 0.6 is 0 Å². The van der Waals surface area contributed by atoms with Crippen LogP contribution in [-0.2, 0) is 24.8 Å². The summed E-state index contributed by atoms with van der Waals surface area (Å²) in [6.07, 6.45) is 5.79. The fraction of sp³-hybridized carbons (Fsp3) is 0.481. The lowest BCUT2D eigenvalue weighted by molar-refractivity contribution is -0.142. The molecule has 11 heteroatoms. The van der Waals surface area contributed by atoms with E-state index in [2.05, 4.69) is 9.44 Å². The monoisotopic (exact) mass is 558 g/mol. The lowest BCUT2D eigenvalue weighted by atomic mass is 9.87. The predicted octanol–water partition coefficient (Wildman–Crippen LogP) is 3.29. The minimum Gasteiger partial charge on any atom is -0.481 e. The standard InChI is InChI=1S/C27H30N2O7S2/c30-26-23-13-19(37(33,34)28-18-5-3-16(4-6-18)27(31)32)7-9-21(23)22-10-8-20(14-24(22)26)38(35,36)29-25-12-15-1-2-17(25)11-15/h7-10,13-18,25,28-29H,1-6,11-12H2,(H,31,32). The second kappa shape index (κ2) is 9.25. The van der Waals surface area contributed by atoms with E-state index >= 15 is 0 Å². The number of carbonyl (C=O) groups is 2. The molecule has 3 atom stereocenters. The van der Waals surface area contributed by atoms with Gasteiger partial charge in [-0.25, -0.2) is 26.3 Å². The van der Waals surface area contributed by atoms with Crippen molar-refractivity contribution in [1.82, 2.24) is 9.44 Å². The highest BCUT2D eigenvalue weighted by Gasteiger charge is 2.41. The number of hydrogen-bond acceptors (Lipinski definition) is 6. The minimum absolute atomic E-state index is 0.0339. The Morgan fingerprint density at radius 2 is 1.32 bits per heavy atom. The Morgan fingerprint density at radius 1 is 0.737 bits per heavy atom. The van der Waals surface area contributed by atoms with E-state index in [1.165, 1.54) is 24.3 Å². The molecular formula is C27H30N2O7S2. The molecule has 3 unspecified atom stereocenters. The minimum atomic E-state index is -3.93. The van der Waals surface area contributed by atoms with Crippen molar-refractivity contribution in [3.05, 3.63) is 47.5 Å². The zero-order valence-electron chi connectivity index (χ0n) is 20.7. The largest absolute Gasteiger partial charge is 0.481 e. The molecule has 0 aromatic heterocycles. The maximum Gasteiger partial charge on any atom is 0.306 e. The first kappa shape index (κ1) is 25.7. The van der Waals surface area contributed by atoms with Crippen LogP contribution in [-0.4, -0.2) is 45.8 Å². The lowest BCUT2D eigenvalue weighted by Gasteiger charge is -2.26. The van der Waals surface area contributed by atoms with Gasteiger partial charge in [-0.3, -0.25) is 9.59 Å². The molecule has 0 aliphatic heterocycles. The number of hydrogen-bond donors (Lipinski definition) is 3. The van der Waals surface area contributed by atoms with Crippen molar-refractivity contribution in [3.63, 3.8) is 0 Å². The van der Waals surface area contributed by atoms with Crippen LogP contribution in [0.4, 0.5) is 0 Å². The zero-order valence-corrected chi connectivity index (χ0v) is 22.4. The summed E-state index contributed by atoms with van der Waals surface area (Å²) in [5, 5.41) is 9.16. The van der Waals surface area contributed by atoms with Crippen molar-refractivity contribution < 1.29 is 31.5 Å². The molecule has 4 aliphatic rings. The second-order valence-electron chi connectivity index (χ2n) is 11.2. The fourth-order valence-electron chi connectivity index (χ4n) is 6.77.